The van der Waals surface area contributed by atoms with Crippen LogP contribution in [0.2, 0.25) is 0 Å². The third-order valence-corrected chi connectivity index (χ3v) is 12.4. The summed E-state index contributed by atoms with van der Waals surface area (Å²) < 4.78 is 50.5. The van der Waals surface area contributed by atoms with E-state index in [0.29, 0.717) is 17.9 Å². The van der Waals surface area contributed by atoms with E-state index in [0.717, 1.165) is 17.8 Å². The van der Waals surface area contributed by atoms with Crippen LogP contribution in [0.4, 0.5) is 8.78 Å². The molecule has 1 aromatic rings. The summed E-state index contributed by atoms with van der Waals surface area (Å²) in [4.78, 5) is 52.8. The number of carbonyl (C=O) groups is 4. The molecule has 0 spiro atoms. The molecule has 1 N–H and O–H groups in total. The van der Waals surface area contributed by atoms with Gasteiger partial charge in [0.2, 0.25) is 5.12 Å². The van der Waals surface area contributed by atoms with Gasteiger partial charge in [-0.2, -0.15) is 0 Å². The van der Waals surface area contributed by atoms with Gasteiger partial charge in [0.15, 0.2) is 17.1 Å². The lowest BCUT2D eigenvalue weighted by atomic mass is 9.44. The van der Waals surface area contributed by atoms with Gasteiger partial charge in [-0.25, -0.2) is 13.6 Å². The van der Waals surface area contributed by atoms with E-state index in [-0.39, 0.29) is 37.0 Å². The van der Waals surface area contributed by atoms with Gasteiger partial charge in [0, 0.05) is 29.1 Å². The standard InChI is InChI=1S/C32H36F2O8S/c1-15-10-20-21-13-23(33)22-12-18(35)6-8-29(22,4)31(21,34)25(36)14-30(20,5)32(15,28(39)43-24-7-9-40-27(24)38)42-26(37)19-11-16(2)41-17(19)3/h6,8,11-12,15,20-21,23-25,36H,7,9-10,13-14H2,1-5H3/t15-,20+,21+,23+,24+,25+,29+,30+,31+,32+/m1/s1. The van der Waals surface area contributed by atoms with Gasteiger partial charge in [-0.15, -0.1) is 0 Å². The Kier molecular flexibility index (Phi) is 6.93. The average molecular weight is 619 g/mol. The first kappa shape index (κ1) is 30.2. The van der Waals surface area contributed by atoms with Crippen molar-refractivity contribution in [2.24, 2.45) is 28.6 Å². The van der Waals surface area contributed by atoms with Gasteiger partial charge in [0.25, 0.3) is 0 Å². The molecule has 0 aromatic carbocycles. The fraction of sp³-hybridized carbons (Fsp3) is 0.625. The number of aliphatic hydroxyl groups excluding tert-OH is 1. The largest absolute Gasteiger partial charge is 0.466 e. The van der Waals surface area contributed by atoms with E-state index < -0.39 is 80.2 Å². The van der Waals surface area contributed by atoms with Gasteiger partial charge in [-0.1, -0.05) is 31.7 Å². The van der Waals surface area contributed by atoms with E-state index in [4.69, 9.17) is 13.9 Å². The predicted molar refractivity (Wildman–Crippen MR) is 151 cm³/mol. The first-order valence-corrected chi connectivity index (χ1v) is 15.6. The molecular formula is C32H36F2O8S. The summed E-state index contributed by atoms with van der Waals surface area (Å²) in [5.41, 5.74) is -7.02. The number of esters is 2. The molecule has 0 bridgehead atoms. The lowest BCUT2D eigenvalue weighted by Crippen LogP contribution is -2.70. The van der Waals surface area contributed by atoms with Crippen LogP contribution in [0, 0.1) is 42.4 Å². The number of alkyl halides is 2. The molecule has 10 atom stereocenters. The maximum absolute atomic E-state index is 17.7. The molecule has 5 aliphatic rings. The van der Waals surface area contributed by atoms with Gasteiger partial charge in [0.1, 0.15) is 28.5 Å². The molecule has 232 valence electrons. The molecule has 0 unspecified atom stereocenters. The molecule has 43 heavy (non-hydrogen) atoms. The Morgan fingerprint density at radius 2 is 1.88 bits per heavy atom. The first-order chi connectivity index (χ1) is 20.1. The van der Waals surface area contributed by atoms with Gasteiger partial charge in [-0.3, -0.25) is 14.4 Å². The van der Waals surface area contributed by atoms with Gasteiger partial charge >= 0.3 is 11.9 Å². The summed E-state index contributed by atoms with van der Waals surface area (Å²) in [5.74, 6) is -3.43. The van der Waals surface area contributed by atoms with Crippen LogP contribution in [0.3, 0.4) is 0 Å². The minimum atomic E-state index is -2.35. The van der Waals surface area contributed by atoms with Crippen molar-refractivity contribution in [2.45, 2.75) is 89.1 Å². The SMILES string of the molecule is Cc1cc(C(=O)O[C@]2(C(=O)S[C@H]3CCOC3=O)[C@H](C)C[C@H]3[C@@H]4C[C@H](F)C5=CC(=O)C=C[C@]5(C)[C@@]4(F)[C@@H](O)C[C@@]32C)c(C)o1. The number of halogens is 2. The number of fused-ring (bicyclic) bond motifs is 5. The van der Waals surface area contributed by atoms with Crippen LogP contribution in [-0.4, -0.2) is 63.3 Å². The van der Waals surface area contributed by atoms with Gasteiger partial charge < -0.3 is 19.0 Å². The van der Waals surface area contributed by atoms with Crippen molar-refractivity contribution in [2.75, 3.05) is 6.61 Å². The van der Waals surface area contributed by atoms with Crippen molar-refractivity contribution in [3.63, 3.8) is 0 Å². The zero-order valence-electron chi connectivity index (χ0n) is 24.8. The number of cyclic esters (lactones) is 1. The van der Waals surface area contributed by atoms with Gasteiger partial charge in [-0.05, 0) is 69.7 Å². The van der Waals surface area contributed by atoms with Crippen LogP contribution in [0.15, 0.2) is 34.3 Å². The van der Waals surface area contributed by atoms with Crippen molar-refractivity contribution in [1.82, 2.24) is 0 Å². The highest BCUT2D eigenvalue weighted by Crippen LogP contribution is 2.72. The lowest BCUT2D eigenvalue weighted by Gasteiger charge is -2.63. The predicted octanol–water partition coefficient (Wildman–Crippen LogP) is 4.93. The maximum atomic E-state index is 17.7. The average Bonchev–Trinajstić information content (AvgIpc) is 3.56. The van der Waals surface area contributed by atoms with Crippen molar-refractivity contribution in [1.29, 1.82) is 0 Å². The number of rotatable bonds is 4. The third kappa shape index (κ3) is 3.95. The smallest absolute Gasteiger partial charge is 0.342 e. The molecule has 11 heteroatoms. The number of aliphatic hydroxyl groups is 1. The van der Waals surface area contributed by atoms with E-state index in [1.54, 1.807) is 27.7 Å². The number of aryl methyl sites for hydroxylation is 2. The third-order valence-electron chi connectivity index (χ3n) is 11.1. The molecule has 2 heterocycles. The van der Waals surface area contributed by atoms with Crippen LogP contribution in [0.1, 0.15) is 68.3 Å². The van der Waals surface area contributed by atoms with E-state index in [9.17, 15) is 24.3 Å². The summed E-state index contributed by atoms with van der Waals surface area (Å²) in [6.45, 7) is 8.39. The van der Waals surface area contributed by atoms with Crippen LogP contribution >= 0.6 is 11.8 Å². The number of thioether (sulfide) groups is 1. The topological polar surface area (TPSA) is 120 Å². The molecule has 6 rings (SSSR count). The molecule has 0 amide bonds. The molecule has 1 aliphatic heterocycles. The molecule has 4 fully saturated rings. The number of ketones is 1. The van der Waals surface area contributed by atoms with Crippen LogP contribution in [0.25, 0.3) is 0 Å². The Morgan fingerprint density at radius 1 is 1.16 bits per heavy atom. The molecule has 8 nitrogen and oxygen atoms in total. The highest BCUT2D eigenvalue weighted by Gasteiger charge is 2.78. The summed E-state index contributed by atoms with van der Waals surface area (Å²) in [6.07, 6.45) is 0.299. The second-order valence-electron chi connectivity index (χ2n) is 13.3. The molecule has 1 aromatic heterocycles. The summed E-state index contributed by atoms with van der Waals surface area (Å²) in [6, 6.07) is 1.51. The van der Waals surface area contributed by atoms with E-state index >= 15 is 8.78 Å². The van der Waals surface area contributed by atoms with Crippen LogP contribution in [0.5, 0.6) is 0 Å². The fourth-order valence-corrected chi connectivity index (χ4v) is 10.3. The highest BCUT2D eigenvalue weighted by atomic mass is 32.2. The Morgan fingerprint density at radius 3 is 2.51 bits per heavy atom. The Hall–Kier alpha value is -2.79. The van der Waals surface area contributed by atoms with Crippen molar-refractivity contribution in [3.8, 4) is 0 Å². The van der Waals surface area contributed by atoms with E-state index in [1.807, 2.05) is 0 Å². The monoisotopic (exact) mass is 618 g/mol. The van der Waals surface area contributed by atoms with E-state index in [2.05, 4.69) is 0 Å². The second kappa shape index (κ2) is 9.86. The number of hydrogen-bond acceptors (Lipinski definition) is 9. The van der Waals surface area contributed by atoms with Crippen molar-refractivity contribution < 1.29 is 47.0 Å². The van der Waals surface area contributed by atoms with Crippen LogP contribution < -0.4 is 0 Å². The number of carbonyl (C=O) groups excluding carboxylic acids is 4. The Bertz CT molecular complexity index is 1480. The molecular weight excluding hydrogens is 582 g/mol. The van der Waals surface area contributed by atoms with Crippen LogP contribution in [-0.2, 0) is 23.9 Å². The van der Waals surface area contributed by atoms with Crippen molar-refractivity contribution in [3.05, 3.63) is 47.0 Å². The molecule has 0 radical (unpaired) electrons. The number of hydrogen-bond donors (Lipinski definition) is 1. The number of allylic oxidation sites excluding steroid dienone is 4. The number of ether oxygens (including phenoxy) is 2. The molecule has 1 saturated heterocycles. The molecule has 3 saturated carbocycles. The van der Waals surface area contributed by atoms with E-state index in [1.165, 1.54) is 25.1 Å². The minimum Gasteiger partial charge on any atom is -0.466 e. The zero-order valence-corrected chi connectivity index (χ0v) is 25.6. The Labute approximate surface area is 252 Å². The Balaban J connectivity index is 1.47. The van der Waals surface area contributed by atoms with Gasteiger partial charge in [0.05, 0.1) is 12.7 Å². The normalized spacial score (nSPS) is 43.4. The lowest BCUT2D eigenvalue weighted by molar-refractivity contribution is -0.221. The second-order valence-corrected chi connectivity index (χ2v) is 14.5. The summed E-state index contributed by atoms with van der Waals surface area (Å²) >= 11 is 0.743. The maximum Gasteiger partial charge on any atom is 0.342 e. The number of furan rings is 1. The summed E-state index contributed by atoms with van der Waals surface area (Å²) in [7, 11) is 0. The highest BCUT2D eigenvalue weighted by molar-refractivity contribution is 8.14. The summed E-state index contributed by atoms with van der Waals surface area (Å²) in [5, 5.41) is 10.4. The van der Waals surface area contributed by atoms with Crippen molar-refractivity contribution >= 4 is 34.6 Å². The fourth-order valence-electron chi connectivity index (χ4n) is 9.05. The minimum absolute atomic E-state index is 0.00215. The first-order valence-electron chi connectivity index (χ1n) is 14.7. The molecule has 4 aliphatic carbocycles. The quantitative estimate of drug-likeness (QED) is 0.469. The zero-order chi connectivity index (χ0) is 31.3.